The second-order valence-corrected chi connectivity index (χ2v) is 9.51. The zero-order chi connectivity index (χ0) is 23.3. The molecule has 3 rings (SSSR count). The summed E-state index contributed by atoms with van der Waals surface area (Å²) in [6, 6.07) is 10.2. The topological polar surface area (TPSA) is 102 Å². The third-order valence-electron chi connectivity index (χ3n) is 4.94. The lowest BCUT2D eigenvalue weighted by Crippen LogP contribution is -2.35. The van der Waals surface area contributed by atoms with E-state index in [-0.39, 0.29) is 35.1 Å². The van der Waals surface area contributed by atoms with Crippen LogP contribution in [0.3, 0.4) is 0 Å². The number of amides is 2. The molecule has 0 bridgehead atoms. The van der Waals surface area contributed by atoms with Gasteiger partial charge in [-0.3, -0.25) is 9.59 Å². The lowest BCUT2D eigenvalue weighted by Gasteiger charge is -2.25. The van der Waals surface area contributed by atoms with Crippen LogP contribution in [0.1, 0.15) is 32.3 Å². The van der Waals surface area contributed by atoms with E-state index in [4.69, 9.17) is 20.5 Å². The Kier molecular flexibility index (Phi) is 7.76. The van der Waals surface area contributed by atoms with Crippen molar-refractivity contribution in [3.63, 3.8) is 0 Å². The second-order valence-electron chi connectivity index (χ2n) is 7.53. The molecule has 8 nitrogen and oxygen atoms in total. The number of ether oxygens (including phenoxy) is 1. The van der Waals surface area contributed by atoms with E-state index in [2.05, 4.69) is 5.32 Å². The van der Waals surface area contributed by atoms with E-state index in [0.717, 1.165) is 12.8 Å². The van der Waals surface area contributed by atoms with Gasteiger partial charge in [-0.25, -0.2) is 0 Å². The molecule has 1 N–H and O–H groups in total. The molecule has 0 saturated carbocycles. The molecule has 2 amide bonds. The van der Waals surface area contributed by atoms with Crippen molar-refractivity contribution < 1.29 is 26.9 Å². The van der Waals surface area contributed by atoms with E-state index in [9.17, 15) is 18.0 Å². The van der Waals surface area contributed by atoms with Gasteiger partial charge in [0.25, 0.3) is 0 Å². The first-order valence-corrected chi connectivity index (χ1v) is 11.9. The highest BCUT2D eigenvalue weighted by atomic mass is 35.5. The Morgan fingerprint density at radius 2 is 1.91 bits per heavy atom. The number of halogens is 1. The molecule has 1 saturated heterocycles. The summed E-state index contributed by atoms with van der Waals surface area (Å²) in [5, 5.41) is 2.97. The van der Waals surface area contributed by atoms with Crippen LogP contribution in [-0.2, 0) is 31.0 Å². The normalized spacial score (nSPS) is 15.9. The molecule has 0 aromatic heterocycles. The van der Waals surface area contributed by atoms with Crippen molar-refractivity contribution in [3.05, 3.63) is 53.1 Å². The van der Waals surface area contributed by atoms with Gasteiger partial charge in [0.2, 0.25) is 11.8 Å². The summed E-state index contributed by atoms with van der Waals surface area (Å²) in [5.74, 6) is -0.345. The van der Waals surface area contributed by atoms with Crippen molar-refractivity contribution in [2.24, 2.45) is 0 Å². The Morgan fingerprint density at radius 3 is 2.50 bits per heavy atom. The van der Waals surface area contributed by atoms with E-state index in [1.165, 1.54) is 50.2 Å². The molecule has 172 valence electrons. The van der Waals surface area contributed by atoms with E-state index < -0.39 is 10.1 Å². The van der Waals surface area contributed by atoms with Crippen LogP contribution < -0.4 is 9.50 Å². The summed E-state index contributed by atoms with van der Waals surface area (Å²) in [5.41, 5.74) is 0.930. The number of carbonyl (C=O) groups excluding carboxylic acids is 2. The molecule has 2 aromatic carbocycles. The minimum Gasteiger partial charge on any atom is -0.379 e. The van der Waals surface area contributed by atoms with Crippen LogP contribution in [0.4, 0.5) is 5.69 Å². The van der Waals surface area contributed by atoms with Gasteiger partial charge in [0.05, 0.1) is 6.10 Å². The highest BCUT2D eigenvalue weighted by Crippen LogP contribution is 2.28. The minimum atomic E-state index is -4.16. The molecule has 0 aliphatic carbocycles. The lowest BCUT2D eigenvalue weighted by molar-refractivity contribution is -0.131. The van der Waals surface area contributed by atoms with Gasteiger partial charge in [-0.1, -0.05) is 11.6 Å². The molecular formula is C22H25ClN2O6S. The number of carbonyl (C=O) groups is 2. The first-order chi connectivity index (χ1) is 15.1. The second kappa shape index (κ2) is 10.3. The van der Waals surface area contributed by atoms with Crippen LogP contribution in [-0.4, -0.2) is 44.4 Å². The predicted molar refractivity (Wildman–Crippen MR) is 120 cm³/mol. The van der Waals surface area contributed by atoms with E-state index in [0.29, 0.717) is 29.4 Å². The van der Waals surface area contributed by atoms with Crippen LogP contribution in [0, 0.1) is 0 Å². The summed E-state index contributed by atoms with van der Waals surface area (Å²) in [4.78, 5) is 24.9. The maximum absolute atomic E-state index is 12.8. The van der Waals surface area contributed by atoms with E-state index >= 15 is 0 Å². The molecular weight excluding hydrogens is 456 g/mol. The number of benzene rings is 2. The summed E-state index contributed by atoms with van der Waals surface area (Å²) in [6.45, 7) is 4.01. The molecule has 1 unspecified atom stereocenters. The molecule has 0 spiro atoms. The van der Waals surface area contributed by atoms with Crippen molar-refractivity contribution in [1.82, 2.24) is 4.90 Å². The van der Waals surface area contributed by atoms with E-state index in [1.54, 1.807) is 11.0 Å². The van der Waals surface area contributed by atoms with Gasteiger partial charge >= 0.3 is 10.1 Å². The summed E-state index contributed by atoms with van der Waals surface area (Å²) < 4.78 is 36.7. The third kappa shape index (κ3) is 6.44. The van der Waals surface area contributed by atoms with Gasteiger partial charge < -0.3 is 19.1 Å². The van der Waals surface area contributed by atoms with Crippen molar-refractivity contribution in [2.75, 3.05) is 18.5 Å². The molecule has 1 atom stereocenters. The van der Waals surface area contributed by atoms with Gasteiger partial charge in [-0.15, -0.1) is 0 Å². The van der Waals surface area contributed by atoms with Crippen molar-refractivity contribution in [1.29, 1.82) is 0 Å². The monoisotopic (exact) mass is 480 g/mol. The van der Waals surface area contributed by atoms with Gasteiger partial charge in [0, 0.05) is 49.8 Å². The third-order valence-corrected chi connectivity index (χ3v) is 6.42. The molecule has 10 heteroatoms. The number of rotatable bonds is 8. The Bertz CT molecular complexity index is 1080. The van der Waals surface area contributed by atoms with Gasteiger partial charge in [-0.05, 0) is 55.3 Å². The van der Waals surface area contributed by atoms with E-state index in [1.807, 2.05) is 0 Å². The summed E-state index contributed by atoms with van der Waals surface area (Å²) in [6.07, 6.45) is 1.76. The Balaban J connectivity index is 1.81. The number of nitrogens with zero attached hydrogens (tertiary/aromatic N) is 1. The van der Waals surface area contributed by atoms with Crippen LogP contribution in [0.15, 0.2) is 47.4 Å². The lowest BCUT2D eigenvalue weighted by atomic mass is 10.1. The summed E-state index contributed by atoms with van der Waals surface area (Å²) in [7, 11) is -4.16. The molecule has 32 heavy (non-hydrogen) atoms. The maximum Gasteiger partial charge on any atom is 0.339 e. The summed E-state index contributed by atoms with van der Waals surface area (Å²) >= 11 is 6.13. The van der Waals surface area contributed by atoms with Gasteiger partial charge in [0.1, 0.15) is 10.6 Å². The predicted octanol–water partition coefficient (Wildman–Crippen LogP) is 3.59. The van der Waals surface area contributed by atoms with Gasteiger partial charge in [0.15, 0.2) is 0 Å². The smallest absolute Gasteiger partial charge is 0.339 e. The number of anilines is 1. The average Bonchev–Trinajstić information content (AvgIpc) is 3.22. The highest BCUT2D eigenvalue weighted by molar-refractivity contribution is 7.87. The first kappa shape index (κ1) is 24.0. The van der Waals surface area contributed by atoms with Crippen LogP contribution >= 0.6 is 11.6 Å². The quantitative estimate of drug-likeness (QED) is 0.579. The molecule has 1 fully saturated rings. The van der Waals surface area contributed by atoms with Crippen molar-refractivity contribution in [2.45, 2.75) is 44.2 Å². The van der Waals surface area contributed by atoms with Gasteiger partial charge in [-0.2, -0.15) is 8.42 Å². The van der Waals surface area contributed by atoms with Crippen molar-refractivity contribution in [3.8, 4) is 5.75 Å². The molecule has 1 aliphatic rings. The van der Waals surface area contributed by atoms with Crippen LogP contribution in [0.5, 0.6) is 5.75 Å². The zero-order valence-corrected chi connectivity index (χ0v) is 19.4. The average molecular weight is 481 g/mol. The van der Waals surface area contributed by atoms with Crippen molar-refractivity contribution >= 4 is 39.2 Å². The Morgan fingerprint density at radius 1 is 1.19 bits per heavy atom. The molecule has 0 radical (unpaired) electrons. The minimum absolute atomic E-state index is 0.0479. The molecule has 1 aliphatic heterocycles. The fraction of sp³-hybridized carbons (Fsp3) is 0.364. The van der Waals surface area contributed by atoms with Crippen LogP contribution in [0.25, 0.3) is 0 Å². The Hall–Kier alpha value is -2.62. The SMILES string of the molecule is CC(=O)Nc1ccc(S(=O)(=O)Oc2ccc(Cl)cc2CN(CC2CCCO2)C(C)=O)cc1. The van der Waals surface area contributed by atoms with Crippen LogP contribution in [0.2, 0.25) is 5.02 Å². The Labute approximate surface area is 192 Å². The zero-order valence-electron chi connectivity index (χ0n) is 17.8. The first-order valence-electron chi connectivity index (χ1n) is 10.1. The number of hydrogen-bond acceptors (Lipinski definition) is 6. The number of hydrogen-bond donors (Lipinski definition) is 1. The molecule has 2 aromatic rings. The molecule has 1 heterocycles. The number of nitrogens with one attached hydrogen (secondary N) is 1. The fourth-order valence-electron chi connectivity index (χ4n) is 3.37. The highest BCUT2D eigenvalue weighted by Gasteiger charge is 2.24. The fourth-order valence-corrected chi connectivity index (χ4v) is 4.53. The maximum atomic E-state index is 12.8. The standard InChI is InChI=1S/C22H25ClN2O6S/c1-15(26)24-19-6-8-21(9-7-19)32(28,29)31-22-10-5-18(23)12-17(22)13-25(16(2)27)14-20-4-3-11-30-20/h5-10,12,20H,3-4,11,13-14H2,1-2H3,(H,24,26). The largest absolute Gasteiger partial charge is 0.379 e.